The van der Waals surface area contributed by atoms with Gasteiger partial charge in [0.05, 0.1) is 5.69 Å². The molecule has 1 aromatic carbocycles. The third-order valence-electron chi connectivity index (χ3n) is 2.44. The van der Waals surface area contributed by atoms with Crippen LogP contribution < -0.4 is 5.56 Å². The Morgan fingerprint density at radius 2 is 1.72 bits per heavy atom. The van der Waals surface area contributed by atoms with Gasteiger partial charge in [0, 0.05) is 18.5 Å². The largest absolute Gasteiger partial charge is 0.269 e. The maximum Gasteiger partial charge on any atom is 0.258 e. The number of nitrogens with zero attached hydrogens (tertiary/aromatic N) is 2. The highest BCUT2D eigenvalue weighted by atomic mass is 32.2. The van der Waals surface area contributed by atoms with Crippen molar-refractivity contribution in [2.45, 2.75) is 12.1 Å². The monoisotopic (exact) mass is 264 g/mol. The third kappa shape index (κ3) is 2.33. The first-order chi connectivity index (χ1) is 8.39. The Bertz CT molecular complexity index is 731. The second kappa shape index (κ2) is 4.38. The van der Waals surface area contributed by atoms with Crippen LogP contribution in [0, 0.1) is 6.92 Å². The number of benzene rings is 1. The van der Waals surface area contributed by atoms with Gasteiger partial charge in [0.25, 0.3) is 5.56 Å². The van der Waals surface area contributed by atoms with Crippen molar-refractivity contribution in [2.75, 3.05) is 6.26 Å². The van der Waals surface area contributed by atoms with Gasteiger partial charge in [0.15, 0.2) is 0 Å². The van der Waals surface area contributed by atoms with E-state index in [0.717, 1.165) is 16.4 Å². The molecule has 0 saturated carbocycles. The van der Waals surface area contributed by atoms with Crippen LogP contribution in [0.2, 0.25) is 0 Å². The molecule has 1 heterocycles. The van der Waals surface area contributed by atoms with E-state index in [0.29, 0.717) is 5.69 Å². The molecule has 0 atom stereocenters. The molecule has 0 amide bonds. The van der Waals surface area contributed by atoms with Crippen molar-refractivity contribution in [3.63, 3.8) is 0 Å². The Kier molecular flexibility index (Phi) is 3.04. The van der Waals surface area contributed by atoms with Crippen LogP contribution in [0.4, 0.5) is 0 Å². The summed E-state index contributed by atoms with van der Waals surface area (Å²) in [4.78, 5) is 15.6. The van der Waals surface area contributed by atoms with E-state index in [1.165, 1.54) is 12.3 Å². The van der Waals surface area contributed by atoms with Gasteiger partial charge in [-0.1, -0.05) is 17.7 Å². The summed E-state index contributed by atoms with van der Waals surface area (Å²) in [6.07, 6.45) is 2.23. The van der Waals surface area contributed by atoms with Crippen molar-refractivity contribution in [2.24, 2.45) is 0 Å². The lowest BCUT2D eigenvalue weighted by Gasteiger charge is -2.09. The number of aryl methyl sites for hydroxylation is 1. The summed E-state index contributed by atoms with van der Waals surface area (Å²) in [7, 11) is -3.56. The highest BCUT2D eigenvalue weighted by Crippen LogP contribution is 2.12. The van der Waals surface area contributed by atoms with E-state index in [4.69, 9.17) is 0 Å². The van der Waals surface area contributed by atoms with Gasteiger partial charge in [0.2, 0.25) is 15.0 Å². The van der Waals surface area contributed by atoms with Gasteiger partial charge in [0.1, 0.15) is 0 Å². The molecule has 0 fully saturated rings. The van der Waals surface area contributed by atoms with Crippen LogP contribution in [0.1, 0.15) is 5.56 Å². The van der Waals surface area contributed by atoms with Gasteiger partial charge in [-0.2, -0.15) is 0 Å². The maximum absolute atomic E-state index is 11.8. The van der Waals surface area contributed by atoms with Gasteiger partial charge in [-0.05, 0) is 19.1 Å². The van der Waals surface area contributed by atoms with Gasteiger partial charge in [-0.15, -0.1) is 0 Å². The number of hydrogen-bond donors (Lipinski definition) is 0. The van der Waals surface area contributed by atoms with Crippen LogP contribution in [0.5, 0.6) is 0 Å². The molecule has 0 aliphatic heterocycles. The summed E-state index contributed by atoms with van der Waals surface area (Å²) in [6, 6.07) is 8.22. The number of hydrogen-bond acceptors (Lipinski definition) is 4. The zero-order valence-electron chi connectivity index (χ0n) is 9.99. The van der Waals surface area contributed by atoms with Gasteiger partial charge in [-0.25, -0.2) is 13.4 Å². The van der Waals surface area contributed by atoms with Gasteiger partial charge < -0.3 is 0 Å². The summed E-state index contributed by atoms with van der Waals surface area (Å²) in [6.45, 7) is 1.91. The van der Waals surface area contributed by atoms with Crippen molar-refractivity contribution in [3.8, 4) is 5.69 Å². The SMILES string of the molecule is Cc1ccc(-n2c(S(C)(=O)=O)nccc2=O)cc1. The minimum Gasteiger partial charge on any atom is -0.269 e. The number of rotatable bonds is 2. The lowest BCUT2D eigenvalue weighted by atomic mass is 10.2. The fourth-order valence-corrected chi connectivity index (χ4v) is 2.36. The summed E-state index contributed by atoms with van der Waals surface area (Å²) in [5, 5.41) is -0.251. The fourth-order valence-electron chi connectivity index (χ4n) is 1.58. The van der Waals surface area contributed by atoms with E-state index in [9.17, 15) is 13.2 Å². The van der Waals surface area contributed by atoms with Crippen molar-refractivity contribution in [1.82, 2.24) is 9.55 Å². The molecule has 2 rings (SSSR count). The average molecular weight is 264 g/mol. The Hall–Kier alpha value is -1.95. The number of sulfone groups is 1. The Labute approximate surface area is 105 Å². The first kappa shape index (κ1) is 12.5. The van der Waals surface area contributed by atoms with Crippen molar-refractivity contribution in [3.05, 3.63) is 52.4 Å². The normalized spacial score (nSPS) is 11.4. The molecule has 0 spiro atoms. The molecule has 0 unspecified atom stereocenters. The van der Waals surface area contributed by atoms with E-state index in [2.05, 4.69) is 4.98 Å². The van der Waals surface area contributed by atoms with E-state index in [-0.39, 0.29) is 5.16 Å². The first-order valence-electron chi connectivity index (χ1n) is 5.25. The minimum absolute atomic E-state index is 0.251. The summed E-state index contributed by atoms with van der Waals surface area (Å²) < 4.78 is 24.3. The highest BCUT2D eigenvalue weighted by molar-refractivity contribution is 7.90. The van der Waals surface area contributed by atoms with E-state index >= 15 is 0 Å². The standard InChI is InChI=1S/C12H12N2O3S/c1-9-3-5-10(6-4-9)14-11(15)7-8-13-12(14)18(2,16)17/h3-8H,1-2H3. The van der Waals surface area contributed by atoms with Crippen molar-refractivity contribution in [1.29, 1.82) is 0 Å². The van der Waals surface area contributed by atoms with Crippen molar-refractivity contribution < 1.29 is 8.42 Å². The Morgan fingerprint density at radius 3 is 2.28 bits per heavy atom. The second-order valence-electron chi connectivity index (χ2n) is 4.01. The highest BCUT2D eigenvalue weighted by Gasteiger charge is 2.16. The van der Waals surface area contributed by atoms with Crippen LogP contribution >= 0.6 is 0 Å². The molecule has 0 bridgehead atoms. The molecule has 2 aromatic rings. The number of aromatic nitrogens is 2. The minimum atomic E-state index is -3.56. The molecule has 0 aliphatic carbocycles. The molecule has 1 aromatic heterocycles. The fraction of sp³-hybridized carbons (Fsp3) is 0.167. The zero-order chi connectivity index (χ0) is 13.3. The van der Waals surface area contributed by atoms with Crippen molar-refractivity contribution >= 4 is 9.84 Å². The molecular formula is C12H12N2O3S. The van der Waals surface area contributed by atoms with Crippen LogP contribution in [-0.4, -0.2) is 24.2 Å². The van der Waals surface area contributed by atoms with Crippen LogP contribution in [-0.2, 0) is 9.84 Å². The topological polar surface area (TPSA) is 69.0 Å². The summed E-state index contributed by atoms with van der Waals surface area (Å²) in [5.74, 6) is 0. The van der Waals surface area contributed by atoms with E-state index in [1.807, 2.05) is 6.92 Å². The van der Waals surface area contributed by atoms with E-state index < -0.39 is 15.4 Å². The molecule has 0 N–H and O–H groups in total. The Morgan fingerprint density at radius 1 is 1.11 bits per heavy atom. The first-order valence-corrected chi connectivity index (χ1v) is 7.14. The van der Waals surface area contributed by atoms with Gasteiger partial charge >= 0.3 is 0 Å². The molecule has 18 heavy (non-hydrogen) atoms. The molecule has 94 valence electrons. The van der Waals surface area contributed by atoms with Crippen LogP contribution in [0.15, 0.2) is 46.5 Å². The molecule has 0 aliphatic rings. The molecule has 0 saturated heterocycles. The maximum atomic E-state index is 11.8. The molecule has 5 nitrogen and oxygen atoms in total. The second-order valence-corrected chi connectivity index (χ2v) is 5.92. The van der Waals surface area contributed by atoms with Crippen LogP contribution in [0.25, 0.3) is 5.69 Å². The average Bonchev–Trinajstić information content (AvgIpc) is 2.29. The molecule has 6 heteroatoms. The van der Waals surface area contributed by atoms with E-state index in [1.54, 1.807) is 24.3 Å². The lowest BCUT2D eigenvalue weighted by molar-refractivity contribution is 0.584. The summed E-state index contributed by atoms with van der Waals surface area (Å²) in [5.41, 5.74) is 1.09. The lowest BCUT2D eigenvalue weighted by Crippen LogP contribution is -2.24. The zero-order valence-corrected chi connectivity index (χ0v) is 10.8. The van der Waals surface area contributed by atoms with Gasteiger partial charge in [-0.3, -0.25) is 9.36 Å². The molecular weight excluding hydrogens is 252 g/mol. The predicted molar refractivity (Wildman–Crippen MR) is 67.7 cm³/mol. The van der Waals surface area contributed by atoms with Crippen LogP contribution in [0.3, 0.4) is 0 Å². The summed E-state index contributed by atoms with van der Waals surface area (Å²) >= 11 is 0. The third-order valence-corrected chi connectivity index (χ3v) is 3.39. The quantitative estimate of drug-likeness (QED) is 0.757. The predicted octanol–water partition coefficient (Wildman–Crippen LogP) is 0.944. The Balaban J connectivity index is 2.78. The molecule has 0 radical (unpaired) electrons. The smallest absolute Gasteiger partial charge is 0.258 e.